The number of alkyl halides is 3. The van der Waals surface area contributed by atoms with Gasteiger partial charge in [-0.05, 0) is 41.9 Å². The number of anilines is 2. The molecule has 10 heteroatoms. The molecule has 4 aromatic rings. The number of benzene rings is 2. The van der Waals surface area contributed by atoms with Crippen LogP contribution in [0.3, 0.4) is 0 Å². The number of H-pyrrole nitrogens is 1. The Morgan fingerprint density at radius 3 is 2.75 bits per heavy atom. The molecule has 6 nitrogen and oxygen atoms in total. The lowest BCUT2D eigenvalue weighted by Gasteiger charge is -2.13. The number of hydrogen-bond donors (Lipinski definition) is 2. The van der Waals surface area contributed by atoms with Crippen LogP contribution in [0.15, 0.2) is 53.5 Å². The predicted molar refractivity (Wildman–Crippen MR) is 99.0 cm³/mol. The molecule has 0 atom stereocenters. The van der Waals surface area contributed by atoms with Gasteiger partial charge in [-0.3, -0.25) is 9.89 Å². The van der Waals surface area contributed by atoms with Gasteiger partial charge in [0.2, 0.25) is 0 Å². The van der Waals surface area contributed by atoms with Crippen LogP contribution in [0.25, 0.3) is 16.6 Å². The fourth-order valence-corrected chi connectivity index (χ4v) is 3.70. The van der Waals surface area contributed by atoms with Crippen molar-refractivity contribution in [2.75, 3.05) is 5.32 Å². The van der Waals surface area contributed by atoms with Crippen LogP contribution in [0.5, 0.6) is 0 Å². The van der Waals surface area contributed by atoms with Gasteiger partial charge in [0, 0.05) is 5.39 Å². The standard InChI is InChI=1S/C18H10F3N5OS/c19-18(20,21)13-3-1-2-4-14(13)24-16-12(8-22)17(27)26(28-16)11-6-5-10-9-23-25-15(10)7-11/h1-7,9,24H,(H,23,25). The first-order valence-corrected chi connectivity index (χ1v) is 8.69. The van der Waals surface area contributed by atoms with Crippen LogP contribution in [0.4, 0.5) is 23.9 Å². The Morgan fingerprint density at radius 2 is 2.00 bits per heavy atom. The van der Waals surface area contributed by atoms with Crippen LogP contribution in [-0.4, -0.2) is 14.2 Å². The second kappa shape index (κ2) is 6.54. The molecule has 0 radical (unpaired) electrons. The number of fused-ring (bicyclic) bond motifs is 1. The third-order valence-corrected chi connectivity index (χ3v) is 5.11. The van der Waals surface area contributed by atoms with Gasteiger partial charge in [0.25, 0.3) is 5.56 Å². The summed E-state index contributed by atoms with van der Waals surface area (Å²) in [7, 11) is 0. The molecular formula is C18H10F3N5OS. The third kappa shape index (κ3) is 3.01. The minimum atomic E-state index is -4.57. The molecule has 0 bridgehead atoms. The fourth-order valence-electron chi connectivity index (χ4n) is 2.74. The molecule has 2 aromatic carbocycles. The summed E-state index contributed by atoms with van der Waals surface area (Å²) in [6, 6.07) is 11.8. The zero-order chi connectivity index (χ0) is 19.9. The Balaban J connectivity index is 1.81. The molecule has 0 saturated heterocycles. The van der Waals surface area contributed by atoms with Crippen molar-refractivity contribution in [1.29, 1.82) is 5.26 Å². The summed E-state index contributed by atoms with van der Waals surface area (Å²) in [4.78, 5) is 12.6. The highest BCUT2D eigenvalue weighted by Gasteiger charge is 2.33. The normalized spacial score (nSPS) is 11.5. The molecule has 28 heavy (non-hydrogen) atoms. The van der Waals surface area contributed by atoms with E-state index in [1.165, 1.54) is 22.2 Å². The SMILES string of the molecule is N#Cc1c(Nc2ccccc2C(F)(F)F)sn(-c2ccc3cn[nH]c3c2)c1=O. The zero-order valence-electron chi connectivity index (χ0n) is 13.9. The van der Waals surface area contributed by atoms with Crippen molar-refractivity contribution in [3.05, 3.63) is 70.1 Å². The number of nitrogens with zero attached hydrogens (tertiary/aromatic N) is 3. The summed E-state index contributed by atoms with van der Waals surface area (Å²) in [5.74, 6) is 0. The van der Waals surface area contributed by atoms with Gasteiger partial charge >= 0.3 is 6.18 Å². The van der Waals surface area contributed by atoms with Crippen molar-refractivity contribution in [1.82, 2.24) is 14.2 Å². The first-order chi connectivity index (χ1) is 13.4. The van der Waals surface area contributed by atoms with Gasteiger partial charge in [-0.15, -0.1) is 0 Å². The summed E-state index contributed by atoms with van der Waals surface area (Å²) in [6.07, 6.45) is -2.95. The van der Waals surface area contributed by atoms with Crippen LogP contribution in [0, 0.1) is 11.3 Å². The van der Waals surface area contributed by atoms with Crippen LogP contribution in [0.1, 0.15) is 11.1 Å². The summed E-state index contributed by atoms with van der Waals surface area (Å²) in [6.45, 7) is 0. The fraction of sp³-hybridized carbons (Fsp3) is 0.0556. The minimum absolute atomic E-state index is 0.0360. The van der Waals surface area contributed by atoms with Gasteiger partial charge in [0.05, 0.1) is 28.7 Å². The van der Waals surface area contributed by atoms with E-state index in [0.29, 0.717) is 11.2 Å². The minimum Gasteiger partial charge on any atom is -0.344 e. The maximum Gasteiger partial charge on any atom is 0.418 e. The van der Waals surface area contributed by atoms with E-state index in [0.717, 1.165) is 23.0 Å². The highest BCUT2D eigenvalue weighted by molar-refractivity contribution is 7.11. The average molecular weight is 401 g/mol. The topological polar surface area (TPSA) is 86.5 Å². The van der Waals surface area contributed by atoms with Crippen LogP contribution >= 0.6 is 11.5 Å². The first-order valence-electron chi connectivity index (χ1n) is 7.91. The summed E-state index contributed by atoms with van der Waals surface area (Å²) in [5, 5.41) is 19.5. The van der Waals surface area contributed by atoms with Crippen LogP contribution in [0.2, 0.25) is 0 Å². The van der Waals surface area contributed by atoms with Crippen molar-refractivity contribution in [3.63, 3.8) is 0 Å². The Morgan fingerprint density at radius 1 is 1.21 bits per heavy atom. The highest BCUT2D eigenvalue weighted by Crippen LogP contribution is 2.37. The van der Waals surface area contributed by atoms with Crippen molar-refractivity contribution in [2.24, 2.45) is 0 Å². The van der Waals surface area contributed by atoms with Gasteiger partial charge in [0.15, 0.2) is 5.56 Å². The Bertz CT molecular complexity index is 1280. The molecule has 0 unspecified atom stereocenters. The van der Waals surface area contributed by atoms with Crippen LogP contribution < -0.4 is 10.9 Å². The summed E-state index contributed by atoms with van der Waals surface area (Å²) in [5.41, 5.74) is -0.826. The first kappa shape index (κ1) is 17.8. The zero-order valence-corrected chi connectivity index (χ0v) is 14.7. The largest absolute Gasteiger partial charge is 0.418 e. The van der Waals surface area contributed by atoms with E-state index >= 15 is 0 Å². The monoisotopic (exact) mass is 401 g/mol. The molecule has 0 spiro atoms. The van der Waals surface area contributed by atoms with E-state index in [-0.39, 0.29) is 16.3 Å². The predicted octanol–water partition coefficient (Wildman–Crippen LogP) is 4.41. The molecule has 0 amide bonds. The summed E-state index contributed by atoms with van der Waals surface area (Å²) >= 11 is 0.858. The van der Waals surface area contributed by atoms with E-state index in [1.54, 1.807) is 30.5 Å². The van der Waals surface area contributed by atoms with Crippen LogP contribution in [-0.2, 0) is 6.18 Å². The Kier molecular flexibility index (Phi) is 4.16. The van der Waals surface area contributed by atoms with E-state index in [9.17, 15) is 23.2 Å². The number of rotatable bonds is 3. The lowest BCUT2D eigenvalue weighted by molar-refractivity contribution is -0.136. The van der Waals surface area contributed by atoms with Crippen molar-refractivity contribution in [2.45, 2.75) is 6.18 Å². The smallest absolute Gasteiger partial charge is 0.344 e. The third-order valence-electron chi connectivity index (χ3n) is 4.06. The number of aromatic amines is 1. The number of nitriles is 1. The molecule has 0 aliphatic rings. The second-order valence-electron chi connectivity index (χ2n) is 5.82. The quantitative estimate of drug-likeness (QED) is 0.532. The van der Waals surface area contributed by atoms with E-state index < -0.39 is 17.3 Å². The molecule has 4 rings (SSSR count). The van der Waals surface area contributed by atoms with Gasteiger partial charge in [-0.1, -0.05) is 12.1 Å². The number of hydrogen-bond acceptors (Lipinski definition) is 5. The summed E-state index contributed by atoms with van der Waals surface area (Å²) < 4.78 is 40.9. The van der Waals surface area contributed by atoms with E-state index in [4.69, 9.17) is 0 Å². The van der Waals surface area contributed by atoms with Gasteiger partial charge < -0.3 is 5.32 Å². The lowest BCUT2D eigenvalue weighted by Crippen LogP contribution is -2.13. The molecule has 0 aliphatic carbocycles. The molecule has 2 heterocycles. The van der Waals surface area contributed by atoms with Crippen molar-refractivity contribution in [3.8, 4) is 11.8 Å². The number of halogens is 3. The Labute approximate surface area is 159 Å². The number of aromatic nitrogens is 3. The van der Waals surface area contributed by atoms with Crippen molar-refractivity contribution < 1.29 is 13.2 Å². The molecular weight excluding hydrogens is 391 g/mol. The number of para-hydroxylation sites is 1. The molecule has 0 fully saturated rings. The average Bonchev–Trinajstić information content (AvgIpc) is 3.24. The molecule has 140 valence electrons. The molecule has 2 aromatic heterocycles. The van der Waals surface area contributed by atoms with Gasteiger partial charge in [0.1, 0.15) is 11.1 Å². The molecule has 0 aliphatic heterocycles. The maximum atomic E-state index is 13.2. The van der Waals surface area contributed by atoms with Crippen molar-refractivity contribution >= 4 is 33.1 Å². The molecule has 2 N–H and O–H groups in total. The van der Waals surface area contributed by atoms with Gasteiger partial charge in [-0.2, -0.15) is 23.5 Å². The highest BCUT2D eigenvalue weighted by atomic mass is 32.1. The number of nitrogens with one attached hydrogen (secondary N) is 2. The molecule has 0 saturated carbocycles. The lowest BCUT2D eigenvalue weighted by atomic mass is 10.1. The van der Waals surface area contributed by atoms with E-state index in [2.05, 4.69) is 15.5 Å². The second-order valence-corrected chi connectivity index (χ2v) is 6.77. The van der Waals surface area contributed by atoms with E-state index in [1.807, 2.05) is 0 Å². The maximum absolute atomic E-state index is 13.2. The van der Waals surface area contributed by atoms with Gasteiger partial charge in [-0.25, -0.2) is 3.96 Å². The Hall–Kier alpha value is -3.58.